The van der Waals surface area contributed by atoms with E-state index in [0.717, 1.165) is 21.9 Å². The first-order valence-electron chi connectivity index (χ1n) is 6.93. The number of carbonyl (C=O) groups is 1. The summed E-state index contributed by atoms with van der Waals surface area (Å²) in [6.45, 7) is 3.95. The molecule has 3 aromatic carbocycles. The third kappa shape index (κ3) is 2.52. The lowest BCUT2D eigenvalue weighted by Crippen LogP contribution is -2.10. The van der Waals surface area contributed by atoms with Gasteiger partial charge in [0.15, 0.2) is 0 Å². The first-order chi connectivity index (χ1) is 10.2. The topological polar surface area (TPSA) is 26.3 Å². The summed E-state index contributed by atoms with van der Waals surface area (Å²) in [5.74, 6) is 0.333. The quantitative estimate of drug-likeness (QED) is 0.502. The van der Waals surface area contributed by atoms with Gasteiger partial charge in [0.1, 0.15) is 5.75 Å². The molecular formula is C19H16O2. The fraction of sp³-hybridized carbons (Fsp3) is 0.105. The minimum atomic E-state index is -0.322. The van der Waals surface area contributed by atoms with Gasteiger partial charge in [0.2, 0.25) is 0 Å². The molecule has 0 bridgehead atoms. The van der Waals surface area contributed by atoms with Crippen LogP contribution in [0.25, 0.3) is 10.8 Å². The Balaban J connectivity index is 2.03. The number of hydrogen-bond donors (Lipinski definition) is 0. The highest BCUT2D eigenvalue weighted by Crippen LogP contribution is 2.31. The van der Waals surface area contributed by atoms with Gasteiger partial charge in [-0.3, -0.25) is 0 Å². The molecule has 0 radical (unpaired) electrons. The zero-order valence-electron chi connectivity index (χ0n) is 12.1. The van der Waals surface area contributed by atoms with Crippen LogP contribution in [-0.4, -0.2) is 5.97 Å². The first kappa shape index (κ1) is 13.4. The van der Waals surface area contributed by atoms with Gasteiger partial charge in [-0.05, 0) is 53.9 Å². The molecule has 104 valence electrons. The van der Waals surface area contributed by atoms with Crippen LogP contribution in [0.2, 0.25) is 0 Å². The molecule has 0 atom stereocenters. The summed E-state index contributed by atoms with van der Waals surface area (Å²) in [6.07, 6.45) is 0. The molecule has 3 rings (SSSR count). The summed E-state index contributed by atoms with van der Waals surface area (Å²) in [5.41, 5.74) is 2.52. The van der Waals surface area contributed by atoms with Crippen molar-refractivity contribution in [2.45, 2.75) is 13.8 Å². The van der Waals surface area contributed by atoms with Gasteiger partial charge in [-0.1, -0.05) is 42.5 Å². The molecule has 0 N–H and O–H groups in total. The van der Waals surface area contributed by atoms with Gasteiger partial charge in [0, 0.05) is 0 Å². The summed E-state index contributed by atoms with van der Waals surface area (Å²) >= 11 is 0. The molecule has 0 aromatic heterocycles. The summed E-state index contributed by atoms with van der Waals surface area (Å²) in [6, 6.07) is 19.2. The van der Waals surface area contributed by atoms with Crippen LogP contribution in [-0.2, 0) is 0 Å². The Labute approximate surface area is 124 Å². The Bertz CT molecular complexity index is 804. The van der Waals surface area contributed by atoms with E-state index in [2.05, 4.69) is 12.1 Å². The SMILES string of the molecule is Cc1cc2ccccc2c(C)c1OC(=O)c1ccccc1. The molecule has 0 saturated heterocycles. The number of rotatable bonds is 2. The fourth-order valence-electron chi connectivity index (χ4n) is 2.56. The second kappa shape index (κ2) is 5.41. The van der Waals surface area contributed by atoms with Gasteiger partial charge >= 0.3 is 5.97 Å². The van der Waals surface area contributed by atoms with E-state index in [1.54, 1.807) is 12.1 Å². The number of aryl methyl sites for hydroxylation is 2. The molecule has 0 heterocycles. The average molecular weight is 276 g/mol. The number of benzene rings is 3. The molecule has 0 saturated carbocycles. The van der Waals surface area contributed by atoms with Gasteiger partial charge in [-0.15, -0.1) is 0 Å². The standard InChI is InChI=1S/C19H16O2/c1-13-12-16-10-6-7-11-17(16)14(2)18(13)21-19(20)15-8-4-3-5-9-15/h3-12H,1-2H3. The van der Waals surface area contributed by atoms with Crippen molar-refractivity contribution in [2.24, 2.45) is 0 Å². The van der Waals surface area contributed by atoms with Crippen LogP contribution < -0.4 is 4.74 Å². The Morgan fingerprint density at radius 3 is 2.33 bits per heavy atom. The zero-order valence-corrected chi connectivity index (χ0v) is 12.1. The van der Waals surface area contributed by atoms with Crippen molar-refractivity contribution in [3.05, 3.63) is 77.4 Å². The van der Waals surface area contributed by atoms with E-state index in [0.29, 0.717) is 11.3 Å². The van der Waals surface area contributed by atoms with Crippen LogP contribution in [0.3, 0.4) is 0 Å². The van der Waals surface area contributed by atoms with Gasteiger partial charge < -0.3 is 4.74 Å². The number of hydrogen-bond acceptors (Lipinski definition) is 2. The second-order valence-electron chi connectivity index (χ2n) is 5.12. The molecule has 3 aromatic rings. The van der Waals surface area contributed by atoms with E-state index < -0.39 is 0 Å². The van der Waals surface area contributed by atoms with Crippen LogP contribution in [0, 0.1) is 13.8 Å². The predicted molar refractivity (Wildman–Crippen MR) is 84.8 cm³/mol. The molecular weight excluding hydrogens is 260 g/mol. The van der Waals surface area contributed by atoms with Crippen molar-refractivity contribution in [1.29, 1.82) is 0 Å². The fourth-order valence-corrected chi connectivity index (χ4v) is 2.56. The van der Waals surface area contributed by atoms with Crippen molar-refractivity contribution in [1.82, 2.24) is 0 Å². The Morgan fingerprint density at radius 1 is 0.905 bits per heavy atom. The molecule has 0 unspecified atom stereocenters. The van der Waals surface area contributed by atoms with Crippen LogP contribution >= 0.6 is 0 Å². The first-order valence-corrected chi connectivity index (χ1v) is 6.93. The maximum Gasteiger partial charge on any atom is 0.343 e. The molecule has 0 aliphatic rings. The van der Waals surface area contributed by atoms with E-state index in [9.17, 15) is 4.79 Å². The second-order valence-corrected chi connectivity index (χ2v) is 5.12. The predicted octanol–water partition coefficient (Wildman–Crippen LogP) is 4.68. The highest BCUT2D eigenvalue weighted by molar-refractivity contribution is 5.94. The summed E-state index contributed by atoms with van der Waals surface area (Å²) in [4.78, 5) is 12.2. The number of fused-ring (bicyclic) bond motifs is 1. The van der Waals surface area contributed by atoms with E-state index in [4.69, 9.17) is 4.74 Å². The van der Waals surface area contributed by atoms with E-state index in [-0.39, 0.29) is 5.97 Å². The Hall–Kier alpha value is -2.61. The third-order valence-electron chi connectivity index (χ3n) is 3.64. The van der Waals surface area contributed by atoms with Crippen LogP contribution in [0.15, 0.2) is 60.7 Å². The molecule has 21 heavy (non-hydrogen) atoms. The van der Waals surface area contributed by atoms with E-state index in [1.807, 2.05) is 50.2 Å². The van der Waals surface area contributed by atoms with Gasteiger partial charge in [0.25, 0.3) is 0 Å². The van der Waals surface area contributed by atoms with Crippen LogP contribution in [0.4, 0.5) is 0 Å². The lowest BCUT2D eigenvalue weighted by Gasteiger charge is -2.13. The summed E-state index contributed by atoms with van der Waals surface area (Å²) in [5, 5.41) is 2.27. The summed E-state index contributed by atoms with van der Waals surface area (Å²) < 4.78 is 5.63. The van der Waals surface area contributed by atoms with Crippen molar-refractivity contribution in [2.75, 3.05) is 0 Å². The number of carbonyl (C=O) groups excluding carboxylic acids is 1. The largest absolute Gasteiger partial charge is 0.422 e. The molecule has 2 heteroatoms. The lowest BCUT2D eigenvalue weighted by molar-refractivity contribution is 0.0732. The maximum absolute atomic E-state index is 12.2. The number of esters is 1. The zero-order chi connectivity index (χ0) is 14.8. The highest BCUT2D eigenvalue weighted by atomic mass is 16.5. The van der Waals surface area contributed by atoms with Gasteiger partial charge in [-0.2, -0.15) is 0 Å². The van der Waals surface area contributed by atoms with Crippen LogP contribution in [0.5, 0.6) is 5.75 Å². The molecule has 0 spiro atoms. The monoisotopic (exact) mass is 276 g/mol. The van der Waals surface area contributed by atoms with Crippen molar-refractivity contribution >= 4 is 16.7 Å². The smallest absolute Gasteiger partial charge is 0.343 e. The third-order valence-corrected chi connectivity index (χ3v) is 3.64. The number of ether oxygens (including phenoxy) is 1. The Morgan fingerprint density at radius 2 is 1.57 bits per heavy atom. The molecule has 2 nitrogen and oxygen atoms in total. The van der Waals surface area contributed by atoms with Crippen LogP contribution in [0.1, 0.15) is 21.5 Å². The molecule has 0 fully saturated rings. The van der Waals surface area contributed by atoms with Crippen molar-refractivity contribution < 1.29 is 9.53 Å². The lowest BCUT2D eigenvalue weighted by atomic mass is 10.0. The normalized spacial score (nSPS) is 10.6. The van der Waals surface area contributed by atoms with Crippen molar-refractivity contribution in [3.8, 4) is 5.75 Å². The summed E-state index contributed by atoms with van der Waals surface area (Å²) in [7, 11) is 0. The van der Waals surface area contributed by atoms with Gasteiger partial charge in [0.05, 0.1) is 5.56 Å². The molecule has 0 aliphatic carbocycles. The minimum Gasteiger partial charge on any atom is -0.422 e. The van der Waals surface area contributed by atoms with E-state index >= 15 is 0 Å². The van der Waals surface area contributed by atoms with Gasteiger partial charge in [-0.25, -0.2) is 4.79 Å². The highest BCUT2D eigenvalue weighted by Gasteiger charge is 2.14. The minimum absolute atomic E-state index is 0.322. The van der Waals surface area contributed by atoms with Crippen molar-refractivity contribution in [3.63, 3.8) is 0 Å². The maximum atomic E-state index is 12.2. The Kier molecular flexibility index (Phi) is 3.44. The molecule has 0 aliphatic heterocycles. The average Bonchev–Trinajstić information content (AvgIpc) is 2.52. The van der Waals surface area contributed by atoms with E-state index in [1.165, 1.54) is 0 Å². The molecule has 0 amide bonds.